The summed E-state index contributed by atoms with van der Waals surface area (Å²) in [5.74, 6) is -1.97. The van der Waals surface area contributed by atoms with Gasteiger partial charge >= 0.3 is 11.3 Å². The van der Waals surface area contributed by atoms with Crippen molar-refractivity contribution in [2.75, 3.05) is 9.80 Å². The number of para-hydroxylation sites is 2. The van der Waals surface area contributed by atoms with Crippen LogP contribution in [0.25, 0.3) is 44.7 Å². The highest BCUT2D eigenvalue weighted by Crippen LogP contribution is 2.42. The number of carbonyl (C=O) groups excluding carboxylic acids is 4. The first-order valence-electron chi connectivity index (χ1n) is 20.2. The summed E-state index contributed by atoms with van der Waals surface area (Å²) in [5.41, 5.74) is 3.86. The van der Waals surface area contributed by atoms with E-state index in [1.165, 1.54) is 24.3 Å². The maximum atomic E-state index is 13.9. The summed E-state index contributed by atoms with van der Waals surface area (Å²) in [6.07, 6.45) is 0. The van der Waals surface area contributed by atoms with Gasteiger partial charge in [-0.25, -0.2) is 29.4 Å². The Morgan fingerprint density at radius 3 is 1.22 bits per heavy atom. The zero-order chi connectivity index (χ0) is 43.9. The number of rotatable bonds is 7. The van der Waals surface area contributed by atoms with E-state index in [1.54, 1.807) is 84.9 Å². The Kier molecular flexibility index (Phi) is 8.53. The molecular weight excluding hydrogens is 809 g/mol. The van der Waals surface area contributed by atoms with Crippen LogP contribution in [0.3, 0.4) is 0 Å². The first-order valence-corrected chi connectivity index (χ1v) is 20.2. The molecule has 0 N–H and O–H groups in total. The fourth-order valence-corrected chi connectivity index (χ4v) is 8.66. The summed E-state index contributed by atoms with van der Waals surface area (Å²) in [7, 11) is 0. The molecule has 0 saturated carbocycles. The molecule has 0 radical (unpaired) electrons. The number of hydrogen-bond donors (Lipinski definition) is 0. The molecule has 306 valence electrons. The second-order valence-corrected chi connectivity index (χ2v) is 15.6. The molecule has 12 nitrogen and oxygen atoms in total. The molecule has 0 bridgehead atoms. The average Bonchev–Trinajstić information content (AvgIpc) is 3.74. The van der Waals surface area contributed by atoms with E-state index in [9.17, 15) is 28.8 Å². The molecule has 64 heavy (non-hydrogen) atoms. The predicted octanol–water partition coefficient (Wildman–Crippen LogP) is 8.98. The topological polar surface area (TPSA) is 161 Å². The van der Waals surface area contributed by atoms with Crippen LogP contribution >= 0.6 is 0 Å². The molecule has 0 fully saturated rings. The number of amides is 4. The van der Waals surface area contributed by atoms with Gasteiger partial charge in [0.25, 0.3) is 23.6 Å². The molecule has 0 atom stereocenters. The van der Waals surface area contributed by atoms with Crippen molar-refractivity contribution in [1.82, 2.24) is 9.97 Å². The molecule has 0 spiro atoms. The third-order valence-corrected chi connectivity index (χ3v) is 12.1. The number of nitrogens with zero attached hydrogens (tertiary/aromatic N) is 4. The van der Waals surface area contributed by atoms with Crippen LogP contribution in [0.5, 0.6) is 0 Å². The van der Waals surface area contributed by atoms with Gasteiger partial charge in [0, 0.05) is 16.5 Å². The van der Waals surface area contributed by atoms with Crippen LogP contribution in [0.4, 0.5) is 11.4 Å². The monoisotopic (exact) mass is 838 g/mol. The average molecular weight is 839 g/mol. The molecular formula is C52H30N4O8. The first kappa shape index (κ1) is 38.1. The highest BCUT2D eigenvalue weighted by atomic mass is 16.4. The van der Waals surface area contributed by atoms with Crippen molar-refractivity contribution in [1.29, 1.82) is 0 Å². The van der Waals surface area contributed by atoms with Crippen molar-refractivity contribution in [3.63, 3.8) is 0 Å². The number of benzene rings is 7. The normalized spacial score (nSPS) is 13.6. The van der Waals surface area contributed by atoms with Gasteiger partial charge in [-0.1, -0.05) is 78.9 Å². The van der Waals surface area contributed by atoms with Crippen molar-refractivity contribution in [2.24, 2.45) is 0 Å². The molecule has 12 heteroatoms. The van der Waals surface area contributed by atoms with E-state index in [-0.39, 0.29) is 34.0 Å². The molecule has 7 aromatic carbocycles. The van der Waals surface area contributed by atoms with Crippen molar-refractivity contribution in [3.8, 4) is 22.9 Å². The SMILES string of the molecule is CC(c1ccccc1)(c1ccc(N2C(=O)c3ccc(-c4nc5ccccc5c(=O)o4)cc3C2=O)cc1)c1ccc(N2C(=O)c3ccc(-c4nc5ccccc5c(=O)o4)cc3C2=O)cc1. The molecule has 0 unspecified atom stereocenters. The lowest BCUT2D eigenvalue weighted by Gasteiger charge is -2.32. The lowest BCUT2D eigenvalue weighted by Crippen LogP contribution is -2.30. The quantitative estimate of drug-likeness (QED) is 0.112. The van der Waals surface area contributed by atoms with E-state index in [2.05, 4.69) is 16.9 Å². The summed E-state index contributed by atoms with van der Waals surface area (Å²) in [4.78, 5) is 91.9. The highest BCUT2D eigenvalue weighted by molar-refractivity contribution is 6.35. The van der Waals surface area contributed by atoms with Crippen LogP contribution in [0.2, 0.25) is 0 Å². The van der Waals surface area contributed by atoms with Gasteiger partial charge in [-0.2, -0.15) is 0 Å². The molecule has 2 aliphatic heterocycles. The number of anilines is 2. The van der Waals surface area contributed by atoms with Gasteiger partial charge in [0.15, 0.2) is 0 Å². The Balaban J connectivity index is 0.883. The van der Waals surface area contributed by atoms with Gasteiger partial charge in [0.05, 0.1) is 55.4 Å². The zero-order valence-corrected chi connectivity index (χ0v) is 33.6. The van der Waals surface area contributed by atoms with E-state index >= 15 is 0 Å². The fourth-order valence-electron chi connectivity index (χ4n) is 8.66. The van der Waals surface area contributed by atoms with Gasteiger partial charge in [-0.3, -0.25) is 19.2 Å². The molecule has 4 heterocycles. The molecule has 0 aliphatic carbocycles. The van der Waals surface area contributed by atoms with Gasteiger partial charge in [-0.05, 0) is 109 Å². The lowest BCUT2D eigenvalue weighted by molar-refractivity contribution is 0.0910. The third kappa shape index (κ3) is 5.84. The van der Waals surface area contributed by atoms with Gasteiger partial charge in [0.1, 0.15) is 0 Å². The first-order chi connectivity index (χ1) is 31.1. The van der Waals surface area contributed by atoms with Crippen molar-refractivity contribution < 1.29 is 28.0 Å². The maximum Gasteiger partial charge on any atom is 0.347 e. The molecule has 4 amide bonds. The summed E-state index contributed by atoms with van der Waals surface area (Å²) < 4.78 is 11.0. The summed E-state index contributed by atoms with van der Waals surface area (Å²) >= 11 is 0. The maximum absolute atomic E-state index is 13.9. The number of hydrogen-bond acceptors (Lipinski definition) is 10. The van der Waals surface area contributed by atoms with Crippen LogP contribution in [0.15, 0.2) is 182 Å². The number of carbonyl (C=O) groups is 4. The summed E-state index contributed by atoms with van der Waals surface area (Å²) in [6, 6.07) is 47.1. The van der Waals surface area contributed by atoms with Gasteiger partial charge in [-0.15, -0.1) is 0 Å². The Bertz CT molecular complexity index is 3380. The smallest absolute Gasteiger partial charge is 0.347 e. The summed E-state index contributed by atoms with van der Waals surface area (Å²) in [5, 5.41) is 0.668. The molecule has 0 saturated heterocycles. The highest BCUT2D eigenvalue weighted by Gasteiger charge is 2.40. The van der Waals surface area contributed by atoms with Crippen molar-refractivity contribution >= 4 is 56.8 Å². The minimum absolute atomic E-state index is 0.0352. The van der Waals surface area contributed by atoms with Crippen molar-refractivity contribution in [3.05, 3.63) is 224 Å². The zero-order valence-electron chi connectivity index (χ0n) is 33.6. The van der Waals surface area contributed by atoms with Gasteiger partial charge < -0.3 is 8.83 Å². The number of aromatic nitrogens is 2. The Morgan fingerprint density at radius 2 is 0.781 bits per heavy atom. The van der Waals surface area contributed by atoms with Crippen LogP contribution in [-0.2, 0) is 5.41 Å². The number of fused-ring (bicyclic) bond motifs is 4. The Morgan fingerprint density at radius 1 is 0.406 bits per heavy atom. The van der Waals surface area contributed by atoms with E-state index in [0.29, 0.717) is 44.3 Å². The minimum atomic E-state index is -0.778. The molecule has 2 aliphatic rings. The minimum Gasteiger partial charge on any atom is -0.403 e. The summed E-state index contributed by atoms with van der Waals surface area (Å²) in [6.45, 7) is 2.05. The van der Waals surface area contributed by atoms with Crippen LogP contribution in [0, 0.1) is 0 Å². The second kappa shape index (κ2) is 14.4. The standard InChI is InChI=1S/C52H30N4O8/c1-52(31-9-3-2-4-10-31,32-17-21-34(22-18-32)55-46(57)36-25-15-29(27-40(36)48(55)59)44-53-42-13-7-5-11-38(42)50(61)63-44)33-19-23-35(24-20-33)56-47(58)37-26-16-30(28-41(37)49(56)60)45-54-43-14-8-6-12-39(43)51(62)64-45/h2-28H,1H3. The lowest BCUT2D eigenvalue weighted by atomic mass is 9.71. The Labute approximate surface area is 362 Å². The van der Waals surface area contributed by atoms with E-state index in [0.717, 1.165) is 26.5 Å². The largest absolute Gasteiger partial charge is 0.403 e. The molecule has 2 aromatic heterocycles. The second-order valence-electron chi connectivity index (χ2n) is 15.6. The third-order valence-electron chi connectivity index (χ3n) is 12.1. The molecule has 11 rings (SSSR count). The van der Waals surface area contributed by atoms with Crippen LogP contribution in [0.1, 0.15) is 65.0 Å². The van der Waals surface area contributed by atoms with E-state index in [1.807, 2.05) is 54.6 Å². The van der Waals surface area contributed by atoms with E-state index in [4.69, 9.17) is 8.83 Å². The number of imide groups is 2. The fraction of sp³-hybridized carbons (Fsp3) is 0.0385. The van der Waals surface area contributed by atoms with Crippen molar-refractivity contribution in [2.45, 2.75) is 12.3 Å². The van der Waals surface area contributed by atoms with Crippen LogP contribution < -0.4 is 21.1 Å². The Hall–Kier alpha value is -8.90. The predicted molar refractivity (Wildman–Crippen MR) is 239 cm³/mol. The van der Waals surface area contributed by atoms with Crippen LogP contribution in [-0.4, -0.2) is 33.6 Å². The van der Waals surface area contributed by atoms with Gasteiger partial charge in [0.2, 0.25) is 11.8 Å². The molecule has 9 aromatic rings. The van der Waals surface area contributed by atoms with E-state index < -0.39 is 40.3 Å².